The molecule has 1 N–H and O–H groups in total. The Morgan fingerprint density at radius 3 is 2.48 bits per heavy atom. The smallest absolute Gasteiger partial charge is 0.343 e. The van der Waals surface area contributed by atoms with Crippen LogP contribution in [0.3, 0.4) is 0 Å². The van der Waals surface area contributed by atoms with E-state index in [-0.39, 0.29) is 11.4 Å². The van der Waals surface area contributed by atoms with E-state index in [1.54, 1.807) is 48.5 Å². The van der Waals surface area contributed by atoms with Gasteiger partial charge in [0.15, 0.2) is 11.9 Å². The first-order chi connectivity index (χ1) is 15.8. The fraction of sp³-hybridized carbons (Fsp3) is 0.125. The molecule has 33 heavy (non-hydrogen) atoms. The molecule has 0 radical (unpaired) electrons. The Bertz CT molecular complexity index is 1190. The first-order valence-corrected chi connectivity index (χ1v) is 9.95. The van der Waals surface area contributed by atoms with Crippen molar-refractivity contribution in [1.82, 2.24) is 5.43 Å². The number of nitro benzene ring substituents is 1. The molecule has 168 valence electrons. The number of nitro groups is 1. The van der Waals surface area contributed by atoms with Gasteiger partial charge in [-0.2, -0.15) is 5.10 Å². The predicted molar refractivity (Wildman–Crippen MR) is 122 cm³/mol. The third kappa shape index (κ3) is 6.47. The van der Waals surface area contributed by atoms with Crippen LogP contribution in [0.25, 0.3) is 0 Å². The fourth-order valence-electron chi connectivity index (χ4n) is 2.77. The van der Waals surface area contributed by atoms with Crippen LogP contribution in [0.2, 0.25) is 0 Å². The molecule has 1 amide bonds. The summed E-state index contributed by atoms with van der Waals surface area (Å²) in [5, 5.41) is 14.9. The number of hydrogen-bond acceptors (Lipinski definition) is 7. The quantitative estimate of drug-likeness (QED) is 0.183. The average molecular weight is 447 g/mol. The van der Waals surface area contributed by atoms with Gasteiger partial charge in [0.25, 0.3) is 5.91 Å². The summed E-state index contributed by atoms with van der Waals surface area (Å²) in [6.07, 6.45) is 0.397. The molecule has 0 bridgehead atoms. The molecule has 0 heterocycles. The predicted octanol–water partition coefficient (Wildman–Crippen LogP) is 4.04. The van der Waals surface area contributed by atoms with Gasteiger partial charge in [0.1, 0.15) is 5.75 Å². The molecule has 0 saturated heterocycles. The second-order valence-electron chi connectivity index (χ2n) is 7.05. The Morgan fingerprint density at radius 2 is 1.79 bits per heavy atom. The van der Waals surface area contributed by atoms with Crippen molar-refractivity contribution in [2.24, 2.45) is 5.10 Å². The van der Waals surface area contributed by atoms with Gasteiger partial charge in [0.2, 0.25) is 0 Å². The van der Waals surface area contributed by atoms with E-state index in [0.29, 0.717) is 16.9 Å². The minimum Gasteiger partial charge on any atom is -0.474 e. The van der Waals surface area contributed by atoms with Crippen LogP contribution in [0.15, 0.2) is 77.9 Å². The van der Waals surface area contributed by atoms with E-state index in [9.17, 15) is 19.7 Å². The van der Waals surface area contributed by atoms with Gasteiger partial charge >= 0.3 is 11.7 Å². The maximum Gasteiger partial charge on any atom is 0.343 e. The summed E-state index contributed by atoms with van der Waals surface area (Å²) in [4.78, 5) is 34.8. The highest BCUT2D eigenvalue weighted by Gasteiger charge is 2.20. The summed E-state index contributed by atoms with van der Waals surface area (Å²) in [5.74, 6) is -0.674. The normalized spacial score (nSPS) is 11.6. The molecular weight excluding hydrogens is 426 g/mol. The summed E-state index contributed by atoms with van der Waals surface area (Å²) in [5.41, 5.74) is 4.16. The summed E-state index contributed by atoms with van der Waals surface area (Å²) in [7, 11) is 0. The van der Waals surface area contributed by atoms with Crippen molar-refractivity contribution in [3.8, 4) is 11.5 Å². The van der Waals surface area contributed by atoms with Crippen LogP contribution >= 0.6 is 0 Å². The summed E-state index contributed by atoms with van der Waals surface area (Å²) in [6.45, 7) is 3.35. The van der Waals surface area contributed by atoms with Crippen molar-refractivity contribution in [2.45, 2.75) is 20.0 Å². The zero-order chi connectivity index (χ0) is 23.8. The number of benzene rings is 3. The lowest BCUT2D eigenvalue weighted by molar-refractivity contribution is -0.386. The van der Waals surface area contributed by atoms with Crippen molar-refractivity contribution in [3.05, 3.63) is 99.6 Å². The van der Waals surface area contributed by atoms with E-state index in [0.717, 1.165) is 5.56 Å². The number of aryl methyl sites for hydroxylation is 1. The van der Waals surface area contributed by atoms with Gasteiger partial charge in [-0.05, 0) is 61.9 Å². The Labute approximate surface area is 189 Å². The van der Waals surface area contributed by atoms with E-state index in [1.807, 2.05) is 13.0 Å². The number of amides is 1. The molecule has 1 atom stereocenters. The first-order valence-electron chi connectivity index (χ1n) is 9.95. The van der Waals surface area contributed by atoms with E-state index in [2.05, 4.69) is 10.5 Å². The molecule has 0 saturated carbocycles. The van der Waals surface area contributed by atoms with Crippen LogP contribution in [0, 0.1) is 17.0 Å². The number of hydrazone groups is 1. The van der Waals surface area contributed by atoms with E-state index < -0.39 is 22.9 Å². The maximum atomic E-state index is 12.2. The van der Waals surface area contributed by atoms with Gasteiger partial charge in [-0.3, -0.25) is 14.9 Å². The summed E-state index contributed by atoms with van der Waals surface area (Å²) < 4.78 is 10.7. The molecule has 0 aliphatic rings. The number of nitrogens with one attached hydrogen (secondary N) is 1. The van der Waals surface area contributed by atoms with Crippen LogP contribution < -0.4 is 14.9 Å². The van der Waals surface area contributed by atoms with Crippen molar-refractivity contribution >= 4 is 23.8 Å². The van der Waals surface area contributed by atoms with Crippen molar-refractivity contribution in [1.29, 1.82) is 0 Å². The van der Waals surface area contributed by atoms with Crippen molar-refractivity contribution in [2.75, 3.05) is 0 Å². The third-order valence-corrected chi connectivity index (χ3v) is 4.47. The summed E-state index contributed by atoms with van der Waals surface area (Å²) in [6, 6.07) is 19.4. The first kappa shape index (κ1) is 23.1. The van der Waals surface area contributed by atoms with Crippen LogP contribution in [0.5, 0.6) is 11.5 Å². The number of nitrogens with zero attached hydrogens (tertiary/aromatic N) is 2. The van der Waals surface area contributed by atoms with Crippen molar-refractivity contribution in [3.63, 3.8) is 0 Å². The van der Waals surface area contributed by atoms with Crippen LogP contribution in [-0.4, -0.2) is 29.1 Å². The van der Waals surface area contributed by atoms with Gasteiger partial charge in [-0.25, -0.2) is 10.2 Å². The van der Waals surface area contributed by atoms with Gasteiger partial charge < -0.3 is 9.47 Å². The van der Waals surface area contributed by atoms with Crippen LogP contribution in [-0.2, 0) is 4.79 Å². The monoisotopic (exact) mass is 447 g/mol. The molecule has 3 rings (SSSR count). The molecule has 0 spiro atoms. The molecule has 3 aromatic rings. The lowest BCUT2D eigenvalue weighted by Gasteiger charge is -2.12. The van der Waals surface area contributed by atoms with Gasteiger partial charge in [-0.15, -0.1) is 0 Å². The SMILES string of the molecule is Cc1cccc(C(=O)Oc2ccc(/C=N\NC(=O)[C@@H](C)Oc3ccccc3[N+](=O)[O-])cc2)c1. The lowest BCUT2D eigenvalue weighted by Crippen LogP contribution is -2.33. The maximum absolute atomic E-state index is 12.2. The zero-order valence-corrected chi connectivity index (χ0v) is 17.9. The highest BCUT2D eigenvalue weighted by atomic mass is 16.6. The molecular formula is C24H21N3O6. The third-order valence-electron chi connectivity index (χ3n) is 4.47. The van der Waals surface area contributed by atoms with Crippen molar-refractivity contribution < 1.29 is 24.0 Å². The molecule has 3 aromatic carbocycles. The standard InChI is InChI=1S/C24H21N3O6/c1-16-6-5-7-19(14-16)24(29)33-20-12-10-18(11-13-20)15-25-26-23(28)17(2)32-22-9-4-3-8-21(22)27(30)31/h3-15,17H,1-2H3,(H,26,28)/b25-15-/t17-/m1/s1. The molecule has 0 aliphatic carbocycles. The number of para-hydroxylation sites is 2. The average Bonchev–Trinajstić information content (AvgIpc) is 2.80. The highest BCUT2D eigenvalue weighted by molar-refractivity contribution is 5.91. The second-order valence-corrected chi connectivity index (χ2v) is 7.05. The minimum absolute atomic E-state index is 0.00933. The minimum atomic E-state index is -1.01. The number of esters is 1. The van der Waals surface area contributed by atoms with Gasteiger partial charge in [0, 0.05) is 6.07 Å². The molecule has 0 fully saturated rings. The second kappa shape index (κ2) is 10.7. The number of hydrogen-bond donors (Lipinski definition) is 1. The largest absolute Gasteiger partial charge is 0.474 e. The summed E-state index contributed by atoms with van der Waals surface area (Å²) >= 11 is 0. The lowest BCUT2D eigenvalue weighted by atomic mass is 10.1. The zero-order valence-electron chi connectivity index (χ0n) is 17.9. The van der Waals surface area contributed by atoms with Crippen LogP contribution in [0.1, 0.15) is 28.4 Å². The Morgan fingerprint density at radius 1 is 1.06 bits per heavy atom. The highest BCUT2D eigenvalue weighted by Crippen LogP contribution is 2.26. The molecule has 0 unspecified atom stereocenters. The number of carbonyl (C=O) groups excluding carboxylic acids is 2. The molecule has 9 heteroatoms. The van der Waals surface area contributed by atoms with Gasteiger partial charge in [0.05, 0.1) is 16.7 Å². The van der Waals surface area contributed by atoms with Gasteiger partial charge in [-0.1, -0.05) is 29.8 Å². The van der Waals surface area contributed by atoms with E-state index >= 15 is 0 Å². The molecule has 0 aliphatic heterocycles. The van der Waals surface area contributed by atoms with Crippen LogP contribution in [0.4, 0.5) is 5.69 Å². The number of rotatable bonds is 8. The fourth-order valence-corrected chi connectivity index (χ4v) is 2.77. The van der Waals surface area contributed by atoms with E-state index in [4.69, 9.17) is 9.47 Å². The topological polar surface area (TPSA) is 120 Å². The Kier molecular flexibility index (Phi) is 7.48. The molecule has 0 aromatic heterocycles. The Balaban J connectivity index is 1.53. The van der Waals surface area contributed by atoms with E-state index in [1.165, 1.54) is 31.3 Å². The molecule has 9 nitrogen and oxygen atoms in total. The number of carbonyl (C=O) groups is 2. The number of ether oxygens (including phenoxy) is 2. The Hall–Kier alpha value is -4.53.